The first-order valence-corrected chi connectivity index (χ1v) is 9.74. The molecule has 0 spiro atoms. The third kappa shape index (κ3) is 3.47. The molecule has 0 unspecified atom stereocenters. The second kappa shape index (κ2) is 6.93. The van der Waals surface area contributed by atoms with Gasteiger partial charge in [-0.05, 0) is 50.7 Å². The summed E-state index contributed by atoms with van der Waals surface area (Å²) in [5, 5.41) is 0. The molecule has 3 rings (SSSR count). The van der Waals surface area contributed by atoms with Crippen molar-refractivity contribution in [3.05, 3.63) is 23.7 Å². The van der Waals surface area contributed by atoms with Gasteiger partial charge in [-0.25, -0.2) is 0 Å². The first-order valence-electron chi connectivity index (χ1n) is 8.34. The van der Waals surface area contributed by atoms with Crippen LogP contribution in [0.4, 0.5) is 0 Å². The van der Waals surface area contributed by atoms with Crippen molar-refractivity contribution in [2.75, 3.05) is 33.4 Å². The van der Waals surface area contributed by atoms with E-state index in [9.17, 15) is 8.42 Å². The molecule has 2 saturated heterocycles. The molecule has 1 aromatic rings. The van der Waals surface area contributed by atoms with Gasteiger partial charge in [0.1, 0.15) is 11.5 Å². The quantitative estimate of drug-likeness (QED) is 0.824. The maximum Gasteiger partial charge on any atom is 0.282 e. The number of ether oxygens (including phenoxy) is 1. The zero-order valence-corrected chi connectivity index (χ0v) is 14.7. The number of hydrogen-bond acceptors (Lipinski definition) is 4. The van der Waals surface area contributed by atoms with Gasteiger partial charge >= 0.3 is 0 Å². The number of methoxy groups -OCH3 is 1. The normalized spacial score (nSPS) is 25.2. The molecule has 0 N–H and O–H groups in total. The van der Waals surface area contributed by atoms with E-state index in [1.807, 2.05) is 19.1 Å². The molecule has 1 atom stereocenters. The van der Waals surface area contributed by atoms with Crippen LogP contribution in [0.3, 0.4) is 0 Å². The summed E-state index contributed by atoms with van der Waals surface area (Å²) in [6, 6.07) is 3.64. The van der Waals surface area contributed by atoms with E-state index >= 15 is 0 Å². The molecule has 0 aromatic carbocycles. The van der Waals surface area contributed by atoms with Gasteiger partial charge in [0, 0.05) is 33.4 Å². The maximum atomic E-state index is 13.0. The number of rotatable bonds is 5. The highest BCUT2D eigenvalue weighted by Crippen LogP contribution is 2.36. The van der Waals surface area contributed by atoms with Gasteiger partial charge in [-0.2, -0.15) is 17.0 Å². The fraction of sp³-hybridized carbons (Fsp3) is 0.750. The highest BCUT2D eigenvalue weighted by molar-refractivity contribution is 7.86. The second-order valence-corrected chi connectivity index (χ2v) is 8.40. The molecule has 6 nitrogen and oxygen atoms in total. The lowest BCUT2D eigenvalue weighted by Gasteiger charge is -2.35. The maximum absolute atomic E-state index is 13.0. The van der Waals surface area contributed by atoms with E-state index in [1.165, 1.54) is 0 Å². The van der Waals surface area contributed by atoms with Gasteiger partial charge in [0.15, 0.2) is 0 Å². The first kappa shape index (κ1) is 17.0. The number of nitrogens with zero attached hydrogens (tertiary/aromatic N) is 2. The molecule has 0 radical (unpaired) electrons. The van der Waals surface area contributed by atoms with Crippen LogP contribution >= 0.6 is 0 Å². The Labute approximate surface area is 138 Å². The van der Waals surface area contributed by atoms with Crippen molar-refractivity contribution in [2.24, 2.45) is 5.92 Å². The summed E-state index contributed by atoms with van der Waals surface area (Å²) in [6.45, 7) is 4.34. The molecule has 0 saturated carbocycles. The van der Waals surface area contributed by atoms with Crippen LogP contribution in [0.15, 0.2) is 16.5 Å². The Morgan fingerprint density at radius 2 is 1.96 bits per heavy atom. The van der Waals surface area contributed by atoms with Crippen molar-refractivity contribution in [2.45, 2.75) is 38.6 Å². The molecule has 2 aliphatic heterocycles. The summed E-state index contributed by atoms with van der Waals surface area (Å²) < 4.78 is 40.2. The molecule has 0 amide bonds. The van der Waals surface area contributed by atoms with Crippen LogP contribution in [0.1, 0.15) is 43.2 Å². The molecule has 2 aliphatic rings. The van der Waals surface area contributed by atoms with Gasteiger partial charge in [0.2, 0.25) is 0 Å². The van der Waals surface area contributed by atoms with Gasteiger partial charge in [-0.15, -0.1) is 0 Å². The monoisotopic (exact) mass is 342 g/mol. The second-order valence-electron chi connectivity index (χ2n) is 6.52. The molecular weight excluding hydrogens is 316 g/mol. The Hall–Kier alpha value is -0.890. The third-order valence-corrected chi connectivity index (χ3v) is 6.94. The smallest absolute Gasteiger partial charge is 0.282 e. The molecule has 130 valence electrons. The van der Waals surface area contributed by atoms with Crippen molar-refractivity contribution in [3.8, 4) is 0 Å². The number of piperidine rings is 1. The minimum absolute atomic E-state index is 0.162. The number of aryl methyl sites for hydroxylation is 1. The zero-order chi connectivity index (χ0) is 16.4. The van der Waals surface area contributed by atoms with Crippen LogP contribution in [0, 0.1) is 12.8 Å². The third-order valence-electron chi connectivity index (χ3n) is 4.89. The van der Waals surface area contributed by atoms with E-state index in [2.05, 4.69) is 0 Å². The van der Waals surface area contributed by atoms with Crippen LogP contribution in [0.25, 0.3) is 0 Å². The summed E-state index contributed by atoms with van der Waals surface area (Å²) in [5.74, 6) is 2.05. The van der Waals surface area contributed by atoms with E-state index in [0.29, 0.717) is 32.2 Å². The summed E-state index contributed by atoms with van der Waals surface area (Å²) in [7, 11) is -1.72. The van der Waals surface area contributed by atoms with Gasteiger partial charge in [0.25, 0.3) is 10.2 Å². The molecule has 0 bridgehead atoms. The van der Waals surface area contributed by atoms with Gasteiger partial charge < -0.3 is 9.15 Å². The van der Waals surface area contributed by atoms with Crippen LogP contribution in [-0.4, -0.2) is 50.4 Å². The molecule has 23 heavy (non-hydrogen) atoms. The van der Waals surface area contributed by atoms with Crippen LogP contribution < -0.4 is 0 Å². The largest absolute Gasteiger partial charge is 0.465 e. The molecular formula is C16H26N2O4S. The van der Waals surface area contributed by atoms with Crippen LogP contribution in [0.2, 0.25) is 0 Å². The van der Waals surface area contributed by atoms with Crippen molar-refractivity contribution in [1.82, 2.24) is 8.61 Å². The zero-order valence-electron chi connectivity index (χ0n) is 13.9. The van der Waals surface area contributed by atoms with Crippen LogP contribution in [-0.2, 0) is 14.9 Å². The Kier molecular flexibility index (Phi) is 5.10. The van der Waals surface area contributed by atoms with Gasteiger partial charge in [-0.1, -0.05) is 0 Å². The van der Waals surface area contributed by atoms with E-state index in [0.717, 1.165) is 37.2 Å². The molecule has 1 aromatic heterocycles. The highest BCUT2D eigenvalue weighted by atomic mass is 32.2. The Bertz CT molecular complexity index is 620. The Balaban J connectivity index is 1.72. The van der Waals surface area contributed by atoms with Crippen molar-refractivity contribution in [3.63, 3.8) is 0 Å². The molecule has 0 aliphatic carbocycles. The van der Waals surface area contributed by atoms with E-state index in [-0.39, 0.29) is 6.04 Å². The predicted octanol–water partition coefficient (Wildman–Crippen LogP) is 2.33. The summed E-state index contributed by atoms with van der Waals surface area (Å²) >= 11 is 0. The first-order chi connectivity index (χ1) is 11.0. The molecule has 3 heterocycles. The predicted molar refractivity (Wildman–Crippen MR) is 87.2 cm³/mol. The van der Waals surface area contributed by atoms with E-state index in [4.69, 9.17) is 9.15 Å². The fourth-order valence-corrected chi connectivity index (χ4v) is 5.48. The summed E-state index contributed by atoms with van der Waals surface area (Å²) in [6.07, 6.45) is 3.44. The van der Waals surface area contributed by atoms with Gasteiger partial charge in [-0.3, -0.25) is 0 Å². The SMILES string of the molecule is COCC1CCN(S(=O)(=O)N2CCC[C@@H]2c2ccc(C)o2)CC1. The number of hydrogen-bond donors (Lipinski definition) is 0. The molecule has 2 fully saturated rings. The van der Waals surface area contributed by atoms with E-state index < -0.39 is 10.2 Å². The summed E-state index contributed by atoms with van der Waals surface area (Å²) in [4.78, 5) is 0. The van der Waals surface area contributed by atoms with Crippen molar-refractivity contribution in [1.29, 1.82) is 0 Å². The minimum Gasteiger partial charge on any atom is -0.465 e. The Morgan fingerprint density at radius 1 is 1.22 bits per heavy atom. The Morgan fingerprint density at radius 3 is 2.57 bits per heavy atom. The topological polar surface area (TPSA) is 63.0 Å². The average molecular weight is 342 g/mol. The highest BCUT2D eigenvalue weighted by Gasteiger charge is 2.41. The van der Waals surface area contributed by atoms with Crippen molar-refractivity contribution < 1.29 is 17.6 Å². The van der Waals surface area contributed by atoms with E-state index in [1.54, 1.807) is 15.7 Å². The van der Waals surface area contributed by atoms with Gasteiger partial charge in [0.05, 0.1) is 6.04 Å². The number of furan rings is 1. The summed E-state index contributed by atoms with van der Waals surface area (Å²) in [5.41, 5.74) is 0. The van der Waals surface area contributed by atoms with Crippen LogP contribution in [0.5, 0.6) is 0 Å². The lowest BCUT2D eigenvalue weighted by atomic mass is 9.99. The lowest BCUT2D eigenvalue weighted by molar-refractivity contribution is 0.119. The standard InChI is InChI=1S/C16H26N2O4S/c1-13-5-6-16(22-13)15-4-3-9-18(15)23(19,20)17-10-7-14(8-11-17)12-21-2/h5-6,14-15H,3-4,7-12H2,1-2H3/t15-/m1/s1. The minimum atomic E-state index is -3.42. The van der Waals surface area contributed by atoms with Crippen molar-refractivity contribution >= 4 is 10.2 Å². The lowest BCUT2D eigenvalue weighted by Crippen LogP contribution is -2.47. The fourth-order valence-electron chi connectivity index (χ4n) is 3.62. The molecule has 7 heteroatoms. The average Bonchev–Trinajstić information content (AvgIpc) is 3.17.